The quantitative estimate of drug-likeness (QED) is 0.779. The molecule has 1 N–H and O–H groups in total. The Kier molecular flexibility index (Phi) is 6.12. The number of rotatable bonds is 6. The number of amides is 1. The lowest BCUT2D eigenvalue weighted by molar-refractivity contribution is -0.119. The highest BCUT2D eigenvalue weighted by atomic mass is 32.2. The largest absolute Gasteiger partial charge is 0.465 e. The highest BCUT2D eigenvalue weighted by molar-refractivity contribution is 7.88. The van der Waals surface area contributed by atoms with Crippen molar-refractivity contribution in [2.75, 3.05) is 25.7 Å². The van der Waals surface area contributed by atoms with Gasteiger partial charge in [-0.3, -0.25) is 4.79 Å². The van der Waals surface area contributed by atoms with Crippen molar-refractivity contribution < 1.29 is 22.7 Å². The maximum atomic E-state index is 12.8. The maximum absolute atomic E-state index is 12.8. The van der Waals surface area contributed by atoms with Crippen LogP contribution in [0.3, 0.4) is 0 Å². The van der Waals surface area contributed by atoms with Gasteiger partial charge in [-0.1, -0.05) is 30.3 Å². The first kappa shape index (κ1) is 19.6. The van der Waals surface area contributed by atoms with Gasteiger partial charge in [-0.2, -0.15) is 4.31 Å². The van der Waals surface area contributed by atoms with Crippen LogP contribution in [0.2, 0.25) is 0 Å². The molecule has 8 heteroatoms. The van der Waals surface area contributed by atoms with Crippen molar-refractivity contribution in [3.8, 4) is 0 Å². The van der Waals surface area contributed by atoms with E-state index in [-0.39, 0.29) is 0 Å². The molecule has 0 aliphatic rings. The maximum Gasteiger partial charge on any atom is 0.337 e. The molecule has 1 amide bonds. The van der Waals surface area contributed by atoms with Gasteiger partial charge in [-0.15, -0.1) is 0 Å². The second kappa shape index (κ2) is 8.11. The van der Waals surface area contributed by atoms with Gasteiger partial charge in [-0.25, -0.2) is 13.2 Å². The fourth-order valence-electron chi connectivity index (χ4n) is 2.37. The summed E-state index contributed by atoms with van der Waals surface area (Å²) in [6.45, 7) is 0. The summed E-state index contributed by atoms with van der Waals surface area (Å²) in [5.74, 6) is -0.989. The highest BCUT2D eigenvalue weighted by Gasteiger charge is 2.30. The summed E-state index contributed by atoms with van der Waals surface area (Å²) >= 11 is 0. The predicted octanol–water partition coefficient (Wildman–Crippen LogP) is 2.04. The zero-order valence-corrected chi connectivity index (χ0v) is 15.5. The van der Waals surface area contributed by atoms with E-state index < -0.39 is 27.9 Å². The van der Waals surface area contributed by atoms with E-state index in [2.05, 4.69) is 10.1 Å². The summed E-state index contributed by atoms with van der Waals surface area (Å²) in [6, 6.07) is 13.7. The van der Waals surface area contributed by atoms with E-state index in [0.717, 1.165) is 10.6 Å². The molecule has 138 valence electrons. The molecule has 0 bridgehead atoms. The molecule has 0 aliphatic carbocycles. The first-order chi connectivity index (χ1) is 12.2. The minimum atomic E-state index is -3.60. The molecule has 0 heterocycles. The first-order valence-corrected chi connectivity index (χ1v) is 9.56. The molecular formula is C18H20N2O5S. The average Bonchev–Trinajstić information content (AvgIpc) is 2.62. The van der Waals surface area contributed by atoms with Crippen molar-refractivity contribution >= 4 is 27.6 Å². The van der Waals surface area contributed by atoms with Crippen LogP contribution in [0, 0.1) is 0 Å². The van der Waals surface area contributed by atoms with Crippen molar-refractivity contribution in [2.24, 2.45) is 0 Å². The van der Waals surface area contributed by atoms with Gasteiger partial charge in [0.1, 0.15) is 6.04 Å². The van der Waals surface area contributed by atoms with Crippen LogP contribution in [0.5, 0.6) is 0 Å². The van der Waals surface area contributed by atoms with Gasteiger partial charge in [-0.05, 0) is 29.8 Å². The van der Waals surface area contributed by atoms with Crippen LogP contribution in [0.4, 0.5) is 5.69 Å². The molecule has 26 heavy (non-hydrogen) atoms. The van der Waals surface area contributed by atoms with Crippen LogP contribution in [-0.4, -0.2) is 45.0 Å². The number of benzene rings is 2. The lowest BCUT2D eigenvalue weighted by Gasteiger charge is -2.25. The Balaban J connectivity index is 2.28. The molecular weight excluding hydrogens is 356 g/mol. The summed E-state index contributed by atoms with van der Waals surface area (Å²) in [4.78, 5) is 24.2. The summed E-state index contributed by atoms with van der Waals surface area (Å²) < 4.78 is 29.5. The Hall–Kier alpha value is -2.71. The summed E-state index contributed by atoms with van der Waals surface area (Å²) in [7, 11) is -0.962. The first-order valence-electron chi connectivity index (χ1n) is 7.71. The Labute approximate surface area is 152 Å². The number of methoxy groups -OCH3 is 1. The summed E-state index contributed by atoms with van der Waals surface area (Å²) in [5, 5.41) is 2.68. The van der Waals surface area contributed by atoms with Crippen molar-refractivity contribution in [2.45, 2.75) is 6.04 Å². The molecule has 0 saturated heterocycles. The lowest BCUT2D eigenvalue weighted by atomic mass is 10.1. The molecule has 0 unspecified atom stereocenters. The Morgan fingerprint density at radius 2 is 1.62 bits per heavy atom. The third-order valence-electron chi connectivity index (χ3n) is 3.82. The molecule has 0 aliphatic heterocycles. The number of sulfonamides is 1. The third kappa shape index (κ3) is 4.68. The molecule has 2 aromatic carbocycles. The number of carbonyl (C=O) groups is 2. The SMILES string of the molecule is COC(=O)c1ccc(NC(=O)[C@@H](c2ccccc2)N(C)S(C)(=O)=O)cc1. The topological polar surface area (TPSA) is 92.8 Å². The second-order valence-corrected chi connectivity index (χ2v) is 7.69. The van der Waals surface area contributed by atoms with Crippen LogP contribution < -0.4 is 5.32 Å². The van der Waals surface area contributed by atoms with E-state index in [4.69, 9.17) is 0 Å². The standard InChI is InChI=1S/C18H20N2O5S/c1-20(26(3,23)24)16(13-7-5-4-6-8-13)17(21)19-15-11-9-14(10-12-15)18(22)25-2/h4-12,16H,1-3H3,(H,19,21)/t16-/m1/s1. The Morgan fingerprint density at radius 3 is 2.12 bits per heavy atom. The zero-order valence-electron chi connectivity index (χ0n) is 14.7. The molecule has 0 aromatic heterocycles. The number of ether oxygens (including phenoxy) is 1. The van der Waals surface area contributed by atoms with Gasteiger partial charge in [0.25, 0.3) is 0 Å². The smallest absolute Gasteiger partial charge is 0.337 e. The summed E-state index contributed by atoms with van der Waals surface area (Å²) in [5.41, 5.74) is 1.33. The van der Waals surface area contributed by atoms with Crippen LogP contribution in [-0.2, 0) is 19.6 Å². The minimum Gasteiger partial charge on any atom is -0.465 e. The van der Waals surface area contributed by atoms with Gasteiger partial charge in [0.05, 0.1) is 18.9 Å². The zero-order chi connectivity index (χ0) is 19.3. The van der Waals surface area contributed by atoms with E-state index in [9.17, 15) is 18.0 Å². The van der Waals surface area contributed by atoms with Crippen molar-refractivity contribution in [1.82, 2.24) is 4.31 Å². The number of hydrogen-bond donors (Lipinski definition) is 1. The van der Waals surface area contributed by atoms with Gasteiger partial charge in [0.15, 0.2) is 0 Å². The van der Waals surface area contributed by atoms with Crippen molar-refractivity contribution in [3.63, 3.8) is 0 Å². The van der Waals surface area contributed by atoms with Gasteiger partial charge >= 0.3 is 5.97 Å². The number of likely N-dealkylation sites (N-methyl/N-ethyl adjacent to an activating group) is 1. The molecule has 0 radical (unpaired) electrons. The molecule has 2 aromatic rings. The van der Waals surface area contributed by atoms with Crippen LogP contribution in [0.15, 0.2) is 54.6 Å². The number of esters is 1. The molecule has 0 fully saturated rings. The van der Waals surface area contributed by atoms with E-state index in [1.807, 2.05) is 0 Å². The van der Waals surface area contributed by atoms with Crippen molar-refractivity contribution in [3.05, 3.63) is 65.7 Å². The van der Waals surface area contributed by atoms with Gasteiger partial charge in [0, 0.05) is 12.7 Å². The number of carbonyl (C=O) groups excluding carboxylic acids is 2. The van der Waals surface area contributed by atoms with Gasteiger partial charge in [0.2, 0.25) is 15.9 Å². The second-order valence-electron chi connectivity index (χ2n) is 5.65. The average molecular weight is 376 g/mol. The molecule has 7 nitrogen and oxygen atoms in total. The fraction of sp³-hybridized carbons (Fsp3) is 0.222. The van der Waals surface area contributed by atoms with Crippen LogP contribution in [0.1, 0.15) is 22.0 Å². The molecule has 2 rings (SSSR count). The molecule has 1 atom stereocenters. The third-order valence-corrected chi connectivity index (χ3v) is 5.08. The van der Waals surface area contributed by atoms with Gasteiger partial charge < -0.3 is 10.1 Å². The fourth-order valence-corrected chi connectivity index (χ4v) is 2.97. The molecule has 0 spiro atoms. The monoisotopic (exact) mass is 376 g/mol. The normalized spacial score (nSPS) is 12.5. The van der Waals surface area contributed by atoms with E-state index in [1.54, 1.807) is 42.5 Å². The van der Waals surface area contributed by atoms with E-state index >= 15 is 0 Å². The minimum absolute atomic E-state index is 0.346. The number of nitrogens with zero attached hydrogens (tertiary/aromatic N) is 1. The lowest BCUT2D eigenvalue weighted by Crippen LogP contribution is -2.38. The Bertz CT molecular complexity index is 880. The Morgan fingerprint density at radius 1 is 1.04 bits per heavy atom. The predicted molar refractivity (Wildman–Crippen MR) is 98.2 cm³/mol. The highest BCUT2D eigenvalue weighted by Crippen LogP contribution is 2.24. The summed E-state index contributed by atoms with van der Waals surface area (Å²) in [6.07, 6.45) is 1.04. The van der Waals surface area contributed by atoms with Crippen LogP contribution >= 0.6 is 0 Å². The van der Waals surface area contributed by atoms with Crippen LogP contribution in [0.25, 0.3) is 0 Å². The van der Waals surface area contributed by atoms with Crippen molar-refractivity contribution in [1.29, 1.82) is 0 Å². The number of anilines is 1. The van der Waals surface area contributed by atoms with E-state index in [0.29, 0.717) is 16.8 Å². The molecule has 0 saturated carbocycles. The number of nitrogens with one attached hydrogen (secondary N) is 1. The van der Waals surface area contributed by atoms with E-state index in [1.165, 1.54) is 26.3 Å². The number of hydrogen-bond acceptors (Lipinski definition) is 5.